The number of nitrogens with two attached hydrogens (primary N) is 1. The van der Waals surface area contributed by atoms with Gasteiger partial charge < -0.3 is 21.4 Å². The van der Waals surface area contributed by atoms with E-state index in [1.807, 2.05) is 22.6 Å². The molecule has 0 bridgehead atoms. The van der Waals surface area contributed by atoms with Crippen molar-refractivity contribution in [2.45, 2.75) is 0 Å². The van der Waals surface area contributed by atoms with Crippen LogP contribution in [0, 0.1) is 3.57 Å². The topological polar surface area (TPSA) is 137 Å². The second kappa shape index (κ2) is 5.77. The van der Waals surface area contributed by atoms with Crippen molar-refractivity contribution in [3.05, 3.63) is 39.1 Å². The van der Waals surface area contributed by atoms with Gasteiger partial charge in [-0.25, -0.2) is 0 Å². The first-order valence-corrected chi connectivity index (χ1v) is 6.42. The molecule has 0 radical (unpaired) electrons. The lowest BCUT2D eigenvalue weighted by molar-refractivity contribution is 0.102. The Morgan fingerprint density at radius 2 is 2.20 bits per heavy atom. The number of carbonyl (C=O) groups is 1. The first-order chi connectivity index (χ1) is 9.52. The zero-order valence-electron chi connectivity index (χ0n) is 9.96. The van der Waals surface area contributed by atoms with Gasteiger partial charge in [0.15, 0.2) is 5.84 Å². The molecule has 2 aromatic rings. The summed E-state index contributed by atoms with van der Waals surface area (Å²) in [5.41, 5.74) is 5.80. The van der Waals surface area contributed by atoms with Crippen molar-refractivity contribution in [2.75, 3.05) is 5.32 Å². The van der Waals surface area contributed by atoms with Crippen molar-refractivity contribution < 1.29 is 15.1 Å². The normalized spacial score (nSPS) is 11.3. The Balaban J connectivity index is 2.29. The monoisotopic (exact) mass is 387 g/mol. The number of amidine groups is 1. The standard InChI is InChI=1S/C11H10IN5O3/c12-5-1-2-8(18)6(3-5)11(19)15-10-7(4-14-16-10)9(13)17-20/h1-4,18,20H,(H2,13,17)(H2,14,15,16,19). The number of phenols is 1. The highest BCUT2D eigenvalue weighted by Crippen LogP contribution is 2.21. The van der Waals surface area contributed by atoms with E-state index in [0.29, 0.717) is 0 Å². The second-order valence-electron chi connectivity index (χ2n) is 3.76. The Labute approximate surface area is 126 Å². The molecular weight excluding hydrogens is 377 g/mol. The number of anilines is 1. The van der Waals surface area contributed by atoms with Crippen LogP contribution in [0.2, 0.25) is 0 Å². The molecule has 0 aliphatic rings. The van der Waals surface area contributed by atoms with E-state index < -0.39 is 5.91 Å². The van der Waals surface area contributed by atoms with E-state index in [2.05, 4.69) is 20.7 Å². The van der Waals surface area contributed by atoms with Crippen LogP contribution in [-0.2, 0) is 0 Å². The van der Waals surface area contributed by atoms with Gasteiger partial charge >= 0.3 is 0 Å². The number of halogens is 1. The average Bonchev–Trinajstić information content (AvgIpc) is 2.88. The highest BCUT2D eigenvalue weighted by molar-refractivity contribution is 14.1. The van der Waals surface area contributed by atoms with E-state index in [0.717, 1.165) is 3.57 Å². The number of hydrogen-bond acceptors (Lipinski definition) is 5. The lowest BCUT2D eigenvalue weighted by atomic mass is 10.2. The number of benzene rings is 1. The maximum absolute atomic E-state index is 12.1. The van der Waals surface area contributed by atoms with Crippen molar-refractivity contribution in [1.82, 2.24) is 10.2 Å². The van der Waals surface area contributed by atoms with Crippen molar-refractivity contribution in [3.8, 4) is 5.75 Å². The number of phenolic OH excluding ortho intramolecular Hbond substituents is 1. The Morgan fingerprint density at radius 1 is 1.45 bits per heavy atom. The van der Waals surface area contributed by atoms with E-state index in [9.17, 15) is 9.90 Å². The number of rotatable bonds is 3. The molecular formula is C11H10IN5O3. The molecule has 0 unspecified atom stereocenters. The van der Waals surface area contributed by atoms with Gasteiger partial charge in [-0.3, -0.25) is 9.89 Å². The van der Waals surface area contributed by atoms with Gasteiger partial charge in [0, 0.05) is 3.57 Å². The molecule has 0 aliphatic heterocycles. The predicted octanol–water partition coefficient (Wildman–Crippen LogP) is 1.07. The Kier molecular flexibility index (Phi) is 4.08. The molecule has 1 heterocycles. The third-order valence-electron chi connectivity index (χ3n) is 2.46. The summed E-state index contributed by atoms with van der Waals surface area (Å²) in [6, 6.07) is 4.63. The molecule has 0 atom stereocenters. The van der Waals surface area contributed by atoms with Crippen LogP contribution in [0.3, 0.4) is 0 Å². The fourth-order valence-corrected chi connectivity index (χ4v) is 1.99. The number of carbonyl (C=O) groups excluding carboxylic acids is 1. The minimum atomic E-state index is -0.544. The number of aromatic hydroxyl groups is 1. The summed E-state index contributed by atoms with van der Waals surface area (Å²) in [5.74, 6) is -0.713. The molecule has 20 heavy (non-hydrogen) atoms. The van der Waals surface area contributed by atoms with E-state index in [4.69, 9.17) is 10.9 Å². The average molecular weight is 387 g/mol. The van der Waals surface area contributed by atoms with Crippen LogP contribution in [0.5, 0.6) is 5.75 Å². The molecule has 1 aromatic heterocycles. The number of amides is 1. The summed E-state index contributed by atoms with van der Waals surface area (Å²) in [6.45, 7) is 0. The number of H-pyrrole nitrogens is 1. The minimum absolute atomic E-state index is 0.108. The number of aromatic amines is 1. The van der Waals surface area contributed by atoms with Crippen molar-refractivity contribution in [1.29, 1.82) is 0 Å². The number of oxime groups is 1. The van der Waals surface area contributed by atoms with Gasteiger partial charge in [-0.15, -0.1) is 0 Å². The zero-order valence-corrected chi connectivity index (χ0v) is 12.1. The molecule has 6 N–H and O–H groups in total. The molecule has 0 saturated heterocycles. The van der Waals surface area contributed by atoms with Gasteiger partial charge in [0.05, 0.1) is 17.3 Å². The molecule has 1 aromatic carbocycles. The number of nitrogens with zero attached hydrogens (tertiary/aromatic N) is 2. The van der Waals surface area contributed by atoms with Gasteiger partial charge in [0.2, 0.25) is 0 Å². The maximum atomic E-state index is 12.1. The summed E-state index contributed by atoms with van der Waals surface area (Å²) >= 11 is 2.03. The Hall–Kier alpha value is -2.30. The summed E-state index contributed by atoms with van der Waals surface area (Å²) < 4.78 is 0.798. The second-order valence-corrected chi connectivity index (χ2v) is 5.01. The van der Waals surface area contributed by atoms with Gasteiger partial charge in [-0.2, -0.15) is 5.10 Å². The number of nitrogens with one attached hydrogen (secondary N) is 2. The Morgan fingerprint density at radius 3 is 2.90 bits per heavy atom. The summed E-state index contributed by atoms with van der Waals surface area (Å²) in [5, 5.41) is 29.9. The van der Waals surface area contributed by atoms with Gasteiger partial charge in [0.1, 0.15) is 11.6 Å². The smallest absolute Gasteiger partial charge is 0.260 e. The van der Waals surface area contributed by atoms with Crippen LogP contribution < -0.4 is 11.1 Å². The van der Waals surface area contributed by atoms with Crippen LogP contribution in [0.25, 0.3) is 0 Å². The van der Waals surface area contributed by atoms with E-state index in [1.54, 1.807) is 6.07 Å². The zero-order chi connectivity index (χ0) is 14.7. The third-order valence-corrected chi connectivity index (χ3v) is 3.14. The predicted molar refractivity (Wildman–Crippen MR) is 79.9 cm³/mol. The molecule has 0 spiro atoms. The SMILES string of the molecule is N/C(=N/O)c1cn[nH]c1NC(=O)c1cc(I)ccc1O. The van der Waals surface area contributed by atoms with Crippen LogP contribution in [0.15, 0.2) is 29.6 Å². The lowest BCUT2D eigenvalue weighted by Crippen LogP contribution is -2.18. The van der Waals surface area contributed by atoms with Crippen LogP contribution in [-0.4, -0.2) is 32.3 Å². The van der Waals surface area contributed by atoms with Crippen molar-refractivity contribution >= 4 is 40.2 Å². The quantitative estimate of drug-likeness (QED) is 0.176. The molecule has 1 amide bonds. The minimum Gasteiger partial charge on any atom is -0.507 e. The highest BCUT2D eigenvalue weighted by atomic mass is 127. The van der Waals surface area contributed by atoms with Crippen LogP contribution in [0.4, 0.5) is 5.82 Å². The van der Waals surface area contributed by atoms with E-state index in [1.165, 1.54) is 18.3 Å². The molecule has 8 nitrogen and oxygen atoms in total. The van der Waals surface area contributed by atoms with Crippen molar-refractivity contribution in [3.63, 3.8) is 0 Å². The first kappa shape index (κ1) is 14.1. The highest BCUT2D eigenvalue weighted by Gasteiger charge is 2.16. The molecule has 0 aliphatic carbocycles. The largest absolute Gasteiger partial charge is 0.507 e. The molecule has 0 saturated carbocycles. The lowest BCUT2D eigenvalue weighted by Gasteiger charge is -2.07. The molecule has 2 rings (SSSR count). The molecule has 104 valence electrons. The Bertz CT molecular complexity index is 682. The maximum Gasteiger partial charge on any atom is 0.260 e. The van der Waals surface area contributed by atoms with Crippen LogP contribution in [0.1, 0.15) is 15.9 Å². The number of hydrogen-bond donors (Lipinski definition) is 5. The van der Waals surface area contributed by atoms with Gasteiger partial charge in [-0.05, 0) is 40.8 Å². The van der Waals surface area contributed by atoms with Gasteiger partial charge in [-0.1, -0.05) is 5.16 Å². The number of aromatic nitrogens is 2. The third kappa shape index (κ3) is 2.82. The van der Waals surface area contributed by atoms with Crippen LogP contribution >= 0.6 is 22.6 Å². The van der Waals surface area contributed by atoms with E-state index >= 15 is 0 Å². The molecule has 0 fully saturated rings. The first-order valence-electron chi connectivity index (χ1n) is 5.34. The van der Waals surface area contributed by atoms with Gasteiger partial charge in [0.25, 0.3) is 5.91 Å². The fourth-order valence-electron chi connectivity index (χ4n) is 1.50. The van der Waals surface area contributed by atoms with E-state index in [-0.39, 0.29) is 28.5 Å². The fraction of sp³-hybridized carbons (Fsp3) is 0. The molecule has 9 heteroatoms. The summed E-state index contributed by atoms with van der Waals surface area (Å²) in [4.78, 5) is 12.1. The summed E-state index contributed by atoms with van der Waals surface area (Å²) in [7, 11) is 0. The summed E-state index contributed by atoms with van der Waals surface area (Å²) in [6.07, 6.45) is 1.30. The van der Waals surface area contributed by atoms with Crippen molar-refractivity contribution in [2.24, 2.45) is 10.9 Å².